The van der Waals surface area contributed by atoms with E-state index in [0.717, 1.165) is 5.56 Å². The van der Waals surface area contributed by atoms with Crippen LogP contribution in [0, 0.1) is 0 Å². The van der Waals surface area contributed by atoms with E-state index < -0.39 is 6.04 Å². The highest BCUT2D eigenvalue weighted by Gasteiger charge is 2.14. The zero-order chi connectivity index (χ0) is 8.97. The van der Waals surface area contributed by atoms with Crippen LogP contribution in [0.1, 0.15) is 10.9 Å². The van der Waals surface area contributed by atoms with E-state index in [9.17, 15) is 0 Å². The molecule has 1 aromatic rings. The number of hydrogen-bond donors (Lipinski definition) is 2. The molecule has 2 atom stereocenters. The maximum absolute atomic E-state index is 8.76. The second-order valence-electron chi connectivity index (χ2n) is 2.66. The van der Waals surface area contributed by atoms with Gasteiger partial charge in [-0.1, -0.05) is 30.3 Å². The summed E-state index contributed by atoms with van der Waals surface area (Å²) < 4.78 is 0. The number of hydrogen-bond acceptors (Lipinski definition) is 2. The molecule has 0 heterocycles. The van der Waals surface area contributed by atoms with Crippen molar-refractivity contribution in [2.45, 2.75) is 11.4 Å². The van der Waals surface area contributed by atoms with E-state index in [2.05, 4.69) is 0 Å². The zero-order valence-corrected chi connectivity index (χ0v) is 7.41. The van der Waals surface area contributed by atoms with E-state index >= 15 is 0 Å². The quantitative estimate of drug-likeness (QED) is 0.698. The average Bonchev–Trinajstić information content (AvgIpc) is 2.17. The molecular formula is C9H12ClNO. The number of rotatable bonds is 3. The first-order valence-electron chi connectivity index (χ1n) is 3.81. The second kappa shape index (κ2) is 4.45. The van der Waals surface area contributed by atoms with Crippen molar-refractivity contribution < 1.29 is 5.11 Å². The van der Waals surface area contributed by atoms with E-state index in [-0.39, 0.29) is 12.0 Å². The van der Waals surface area contributed by atoms with Crippen LogP contribution in [0.3, 0.4) is 0 Å². The number of benzene rings is 1. The summed E-state index contributed by atoms with van der Waals surface area (Å²) in [7, 11) is 0. The predicted octanol–water partition coefficient (Wildman–Crippen LogP) is 1.29. The van der Waals surface area contributed by atoms with Gasteiger partial charge in [0.15, 0.2) is 0 Å². The van der Waals surface area contributed by atoms with Gasteiger partial charge in [0.1, 0.15) is 0 Å². The van der Waals surface area contributed by atoms with Gasteiger partial charge in [0, 0.05) is 6.04 Å². The van der Waals surface area contributed by atoms with Crippen molar-refractivity contribution in [3.05, 3.63) is 35.9 Å². The fourth-order valence-corrected chi connectivity index (χ4v) is 1.20. The second-order valence-corrected chi connectivity index (χ2v) is 3.13. The van der Waals surface area contributed by atoms with Gasteiger partial charge in [0.05, 0.1) is 12.0 Å². The van der Waals surface area contributed by atoms with Crippen molar-refractivity contribution in [1.82, 2.24) is 0 Å². The Labute approximate surface area is 77.0 Å². The fourth-order valence-electron chi connectivity index (χ4n) is 0.977. The molecule has 1 rings (SSSR count). The lowest BCUT2D eigenvalue weighted by molar-refractivity contribution is 0.263. The summed E-state index contributed by atoms with van der Waals surface area (Å²) in [4.78, 5) is 0. The predicted molar refractivity (Wildman–Crippen MR) is 50.1 cm³/mol. The highest BCUT2D eigenvalue weighted by Crippen LogP contribution is 2.22. The SMILES string of the molecule is NC(CO)C(Cl)c1ccccc1. The zero-order valence-electron chi connectivity index (χ0n) is 6.65. The monoisotopic (exact) mass is 185 g/mol. The Bertz CT molecular complexity index is 227. The molecule has 0 amide bonds. The lowest BCUT2D eigenvalue weighted by atomic mass is 10.1. The Hall–Kier alpha value is -0.570. The van der Waals surface area contributed by atoms with Gasteiger partial charge >= 0.3 is 0 Å². The molecule has 3 N–H and O–H groups in total. The van der Waals surface area contributed by atoms with Crippen LogP contribution in [0.25, 0.3) is 0 Å². The van der Waals surface area contributed by atoms with Crippen LogP contribution < -0.4 is 5.73 Å². The van der Waals surface area contributed by atoms with Gasteiger partial charge in [-0.3, -0.25) is 0 Å². The first kappa shape index (κ1) is 9.52. The van der Waals surface area contributed by atoms with Crippen molar-refractivity contribution in [1.29, 1.82) is 0 Å². The van der Waals surface area contributed by atoms with Crippen LogP contribution in [0.5, 0.6) is 0 Å². The number of halogens is 1. The minimum absolute atomic E-state index is 0.0942. The molecule has 0 aromatic heterocycles. The summed E-state index contributed by atoms with van der Waals surface area (Å²) in [5.74, 6) is 0. The minimum atomic E-state index is -0.394. The molecule has 0 aliphatic heterocycles. The molecule has 0 bridgehead atoms. The highest BCUT2D eigenvalue weighted by molar-refractivity contribution is 6.21. The molecule has 1 aromatic carbocycles. The minimum Gasteiger partial charge on any atom is -0.395 e. The lowest BCUT2D eigenvalue weighted by Crippen LogP contribution is -2.29. The Morgan fingerprint density at radius 3 is 2.42 bits per heavy atom. The topological polar surface area (TPSA) is 46.2 Å². The van der Waals surface area contributed by atoms with Gasteiger partial charge in [-0.25, -0.2) is 0 Å². The van der Waals surface area contributed by atoms with E-state index in [4.69, 9.17) is 22.4 Å². The molecule has 0 aliphatic carbocycles. The molecule has 66 valence electrons. The van der Waals surface area contributed by atoms with E-state index in [0.29, 0.717) is 0 Å². The summed E-state index contributed by atoms with van der Waals surface area (Å²) in [6, 6.07) is 9.11. The number of nitrogens with two attached hydrogens (primary N) is 1. The van der Waals surface area contributed by atoms with E-state index in [1.165, 1.54) is 0 Å². The summed E-state index contributed by atoms with van der Waals surface area (Å²) in [6.07, 6.45) is 0. The molecule has 0 aliphatic rings. The average molecular weight is 186 g/mol. The number of aliphatic hydroxyl groups is 1. The van der Waals surface area contributed by atoms with Gasteiger partial charge in [-0.15, -0.1) is 11.6 Å². The molecule has 12 heavy (non-hydrogen) atoms. The van der Waals surface area contributed by atoms with Gasteiger partial charge in [-0.05, 0) is 5.56 Å². The van der Waals surface area contributed by atoms with Gasteiger partial charge in [-0.2, -0.15) is 0 Å². The van der Waals surface area contributed by atoms with E-state index in [1.807, 2.05) is 30.3 Å². The molecule has 0 fully saturated rings. The summed E-state index contributed by atoms with van der Waals surface area (Å²) >= 11 is 5.97. The molecule has 0 saturated carbocycles. The third kappa shape index (κ3) is 2.21. The van der Waals surface area contributed by atoms with Gasteiger partial charge in [0.25, 0.3) is 0 Å². The standard InChI is InChI=1S/C9H12ClNO/c10-9(8(11)6-12)7-4-2-1-3-5-7/h1-5,8-9,12H,6,11H2. The molecule has 2 nitrogen and oxygen atoms in total. The first-order chi connectivity index (χ1) is 5.75. The number of aliphatic hydroxyl groups excluding tert-OH is 1. The number of alkyl halides is 1. The van der Waals surface area contributed by atoms with Crippen molar-refractivity contribution in [2.75, 3.05) is 6.61 Å². The third-order valence-corrected chi connectivity index (χ3v) is 2.28. The maximum Gasteiger partial charge on any atom is 0.0758 e. The molecule has 0 spiro atoms. The Morgan fingerprint density at radius 1 is 1.33 bits per heavy atom. The van der Waals surface area contributed by atoms with Crippen LogP contribution in [0.2, 0.25) is 0 Å². The maximum atomic E-state index is 8.76. The Kier molecular flexibility index (Phi) is 3.53. The van der Waals surface area contributed by atoms with E-state index in [1.54, 1.807) is 0 Å². The van der Waals surface area contributed by atoms with Crippen LogP contribution in [0.4, 0.5) is 0 Å². The third-order valence-electron chi connectivity index (χ3n) is 1.70. The smallest absolute Gasteiger partial charge is 0.0758 e. The van der Waals surface area contributed by atoms with Crippen molar-refractivity contribution in [2.24, 2.45) is 5.73 Å². The normalized spacial score (nSPS) is 15.6. The van der Waals surface area contributed by atoms with Crippen LogP contribution in [-0.4, -0.2) is 17.8 Å². The van der Waals surface area contributed by atoms with Gasteiger partial charge in [0.2, 0.25) is 0 Å². The van der Waals surface area contributed by atoms with Crippen LogP contribution in [0.15, 0.2) is 30.3 Å². The molecule has 0 saturated heterocycles. The first-order valence-corrected chi connectivity index (χ1v) is 4.25. The van der Waals surface area contributed by atoms with Crippen LogP contribution in [-0.2, 0) is 0 Å². The van der Waals surface area contributed by atoms with Gasteiger partial charge < -0.3 is 10.8 Å². The van der Waals surface area contributed by atoms with Crippen molar-refractivity contribution >= 4 is 11.6 Å². The Morgan fingerprint density at radius 2 is 1.92 bits per heavy atom. The summed E-state index contributed by atoms with van der Waals surface area (Å²) in [5.41, 5.74) is 6.51. The summed E-state index contributed by atoms with van der Waals surface area (Å²) in [5, 5.41) is 8.45. The molecule has 2 unspecified atom stereocenters. The largest absolute Gasteiger partial charge is 0.395 e. The van der Waals surface area contributed by atoms with Crippen molar-refractivity contribution in [3.8, 4) is 0 Å². The fraction of sp³-hybridized carbons (Fsp3) is 0.333. The van der Waals surface area contributed by atoms with Crippen LogP contribution >= 0.6 is 11.6 Å². The van der Waals surface area contributed by atoms with Crippen molar-refractivity contribution in [3.63, 3.8) is 0 Å². The highest BCUT2D eigenvalue weighted by atomic mass is 35.5. The molecular weight excluding hydrogens is 174 g/mol. The Balaban J connectivity index is 2.71. The molecule has 0 radical (unpaired) electrons. The molecule has 3 heteroatoms. The lowest BCUT2D eigenvalue weighted by Gasteiger charge is -2.15. The summed E-state index contributed by atoms with van der Waals surface area (Å²) in [6.45, 7) is -0.0942.